The molecule has 1 aliphatic rings. The number of hydrogen-bond donors (Lipinski definition) is 1. The summed E-state index contributed by atoms with van der Waals surface area (Å²) >= 11 is 0. The number of ketones is 1. The second kappa shape index (κ2) is 3.95. The van der Waals surface area contributed by atoms with Crippen molar-refractivity contribution in [1.82, 2.24) is 0 Å². The largest absolute Gasteiger partial charge is 0.324 e. The van der Waals surface area contributed by atoms with Crippen LogP contribution in [0.4, 0.5) is 4.39 Å². The summed E-state index contributed by atoms with van der Waals surface area (Å²) in [5, 5.41) is 0. The Labute approximate surface area is 87.6 Å². The maximum absolute atomic E-state index is 12.6. The average Bonchev–Trinajstić information content (AvgIpc) is 2.65. The van der Waals surface area contributed by atoms with Crippen LogP contribution in [-0.2, 0) is 0 Å². The van der Waals surface area contributed by atoms with Crippen LogP contribution in [-0.4, -0.2) is 11.8 Å². The molecule has 0 amide bonds. The first-order valence-corrected chi connectivity index (χ1v) is 4.90. The number of allylic oxidation sites excluding steroid dienone is 1. The van der Waals surface area contributed by atoms with Gasteiger partial charge in [-0.05, 0) is 30.7 Å². The zero-order valence-corrected chi connectivity index (χ0v) is 8.19. The van der Waals surface area contributed by atoms with E-state index in [1.807, 2.05) is 12.2 Å². The Bertz CT molecular complexity index is 397. The SMILES string of the molecule is NC1C=CC(C(=O)c2ccc(F)cc2)C1. The number of carbonyl (C=O) groups excluding carboxylic acids is 1. The zero-order chi connectivity index (χ0) is 10.8. The molecule has 0 saturated heterocycles. The van der Waals surface area contributed by atoms with Crippen LogP contribution in [0.5, 0.6) is 0 Å². The van der Waals surface area contributed by atoms with Crippen molar-refractivity contribution < 1.29 is 9.18 Å². The van der Waals surface area contributed by atoms with Crippen molar-refractivity contribution in [3.05, 3.63) is 47.8 Å². The van der Waals surface area contributed by atoms with Crippen LogP contribution in [0.3, 0.4) is 0 Å². The molecule has 78 valence electrons. The fourth-order valence-corrected chi connectivity index (χ4v) is 1.75. The highest BCUT2D eigenvalue weighted by molar-refractivity contribution is 5.99. The van der Waals surface area contributed by atoms with E-state index in [0.29, 0.717) is 12.0 Å². The minimum Gasteiger partial charge on any atom is -0.324 e. The third-order valence-corrected chi connectivity index (χ3v) is 2.58. The normalized spacial score (nSPS) is 24.4. The Morgan fingerprint density at radius 3 is 2.47 bits per heavy atom. The molecule has 0 saturated carbocycles. The highest BCUT2D eigenvalue weighted by Gasteiger charge is 2.23. The van der Waals surface area contributed by atoms with Gasteiger partial charge < -0.3 is 5.73 Å². The third kappa shape index (κ3) is 2.13. The quantitative estimate of drug-likeness (QED) is 0.592. The van der Waals surface area contributed by atoms with Gasteiger partial charge in [-0.15, -0.1) is 0 Å². The van der Waals surface area contributed by atoms with E-state index in [2.05, 4.69) is 0 Å². The first-order valence-electron chi connectivity index (χ1n) is 4.90. The molecular weight excluding hydrogens is 193 g/mol. The van der Waals surface area contributed by atoms with Crippen LogP contribution in [0.1, 0.15) is 16.8 Å². The number of rotatable bonds is 2. The minimum absolute atomic E-state index is 0.0131. The van der Waals surface area contributed by atoms with Crippen LogP contribution in [0.2, 0.25) is 0 Å². The van der Waals surface area contributed by atoms with Gasteiger partial charge in [-0.1, -0.05) is 12.2 Å². The fourth-order valence-electron chi connectivity index (χ4n) is 1.75. The molecule has 2 unspecified atom stereocenters. The van der Waals surface area contributed by atoms with Gasteiger partial charge in [0.1, 0.15) is 5.82 Å². The van der Waals surface area contributed by atoms with Crippen molar-refractivity contribution in [1.29, 1.82) is 0 Å². The van der Waals surface area contributed by atoms with Crippen LogP contribution in [0.25, 0.3) is 0 Å². The molecule has 0 bridgehead atoms. The summed E-state index contributed by atoms with van der Waals surface area (Å²) < 4.78 is 12.6. The average molecular weight is 205 g/mol. The molecule has 0 aliphatic heterocycles. The van der Waals surface area contributed by atoms with Gasteiger partial charge in [0.2, 0.25) is 0 Å². The van der Waals surface area contributed by atoms with Crippen LogP contribution >= 0.6 is 0 Å². The smallest absolute Gasteiger partial charge is 0.169 e. The lowest BCUT2D eigenvalue weighted by Gasteiger charge is -2.07. The first-order chi connectivity index (χ1) is 7.16. The fraction of sp³-hybridized carbons (Fsp3) is 0.250. The van der Waals surface area contributed by atoms with Crippen molar-refractivity contribution in [3.63, 3.8) is 0 Å². The molecule has 2 rings (SSSR count). The number of halogens is 1. The first kappa shape index (κ1) is 10.1. The molecule has 0 aromatic heterocycles. The summed E-state index contributed by atoms with van der Waals surface area (Å²) in [5.41, 5.74) is 6.21. The summed E-state index contributed by atoms with van der Waals surface area (Å²) in [6.07, 6.45) is 4.32. The Balaban J connectivity index is 2.15. The summed E-state index contributed by atoms with van der Waals surface area (Å²) in [5.74, 6) is -0.463. The number of carbonyl (C=O) groups is 1. The predicted octanol–water partition coefficient (Wildman–Crippen LogP) is 1.91. The van der Waals surface area contributed by atoms with Crippen LogP contribution in [0.15, 0.2) is 36.4 Å². The maximum Gasteiger partial charge on any atom is 0.169 e. The highest BCUT2D eigenvalue weighted by Crippen LogP contribution is 2.21. The van der Waals surface area contributed by atoms with E-state index in [1.54, 1.807) is 0 Å². The topological polar surface area (TPSA) is 43.1 Å². The number of Topliss-reactive ketones (excluding diaryl/α,β-unsaturated/α-hetero) is 1. The van der Waals surface area contributed by atoms with E-state index in [0.717, 1.165) is 0 Å². The van der Waals surface area contributed by atoms with Gasteiger partial charge in [-0.25, -0.2) is 4.39 Å². The summed E-state index contributed by atoms with van der Waals surface area (Å²) in [6, 6.07) is 5.59. The Kier molecular flexibility index (Phi) is 2.64. The Morgan fingerprint density at radius 2 is 1.93 bits per heavy atom. The molecule has 1 aromatic rings. The molecule has 2 N–H and O–H groups in total. The summed E-state index contributed by atoms with van der Waals surface area (Å²) in [6.45, 7) is 0. The van der Waals surface area contributed by atoms with Crippen molar-refractivity contribution in [2.45, 2.75) is 12.5 Å². The second-order valence-corrected chi connectivity index (χ2v) is 3.76. The van der Waals surface area contributed by atoms with E-state index >= 15 is 0 Å². The van der Waals surface area contributed by atoms with Gasteiger partial charge in [0.15, 0.2) is 5.78 Å². The van der Waals surface area contributed by atoms with Crippen LogP contribution < -0.4 is 5.73 Å². The Morgan fingerprint density at radius 1 is 1.27 bits per heavy atom. The predicted molar refractivity (Wildman–Crippen MR) is 56.0 cm³/mol. The lowest BCUT2D eigenvalue weighted by atomic mass is 9.96. The molecule has 15 heavy (non-hydrogen) atoms. The molecule has 0 radical (unpaired) electrons. The third-order valence-electron chi connectivity index (χ3n) is 2.58. The lowest BCUT2D eigenvalue weighted by Crippen LogP contribution is -2.19. The number of nitrogens with two attached hydrogens (primary N) is 1. The molecule has 0 heterocycles. The monoisotopic (exact) mass is 205 g/mol. The van der Waals surface area contributed by atoms with Crippen molar-refractivity contribution in [3.8, 4) is 0 Å². The Hall–Kier alpha value is -1.48. The molecule has 2 atom stereocenters. The number of hydrogen-bond acceptors (Lipinski definition) is 2. The highest BCUT2D eigenvalue weighted by atomic mass is 19.1. The van der Waals surface area contributed by atoms with E-state index < -0.39 is 0 Å². The lowest BCUT2D eigenvalue weighted by molar-refractivity contribution is 0.0943. The van der Waals surface area contributed by atoms with Crippen LogP contribution in [0, 0.1) is 11.7 Å². The van der Waals surface area contributed by atoms with E-state index in [-0.39, 0.29) is 23.6 Å². The van der Waals surface area contributed by atoms with Crippen molar-refractivity contribution >= 4 is 5.78 Å². The second-order valence-electron chi connectivity index (χ2n) is 3.76. The van der Waals surface area contributed by atoms with Crippen molar-refractivity contribution in [2.75, 3.05) is 0 Å². The zero-order valence-electron chi connectivity index (χ0n) is 8.19. The van der Waals surface area contributed by atoms with Gasteiger partial charge in [-0.2, -0.15) is 0 Å². The van der Waals surface area contributed by atoms with Gasteiger partial charge >= 0.3 is 0 Å². The maximum atomic E-state index is 12.6. The van der Waals surface area contributed by atoms with E-state index in [9.17, 15) is 9.18 Å². The molecule has 1 aliphatic carbocycles. The van der Waals surface area contributed by atoms with Gasteiger partial charge in [0.25, 0.3) is 0 Å². The van der Waals surface area contributed by atoms with E-state index in [1.165, 1.54) is 24.3 Å². The molecular formula is C12H12FNO. The minimum atomic E-state index is -0.329. The van der Waals surface area contributed by atoms with Gasteiger partial charge in [0.05, 0.1) is 0 Å². The molecule has 1 aromatic carbocycles. The summed E-state index contributed by atoms with van der Waals surface area (Å²) in [7, 11) is 0. The molecule has 0 spiro atoms. The van der Waals surface area contributed by atoms with E-state index in [4.69, 9.17) is 5.73 Å². The molecule has 3 heteroatoms. The number of benzene rings is 1. The van der Waals surface area contributed by atoms with Gasteiger partial charge in [-0.3, -0.25) is 4.79 Å². The van der Waals surface area contributed by atoms with Gasteiger partial charge in [0, 0.05) is 17.5 Å². The molecule has 0 fully saturated rings. The molecule has 2 nitrogen and oxygen atoms in total. The van der Waals surface area contributed by atoms with Crippen molar-refractivity contribution in [2.24, 2.45) is 11.7 Å². The standard InChI is InChI=1S/C12H12FNO/c13-10-4-1-8(2-5-10)12(15)9-3-6-11(14)7-9/h1-6,9,11H,7,14H2. The summed E-state index contributed by atoms with van der Waals surface area (Å²) in [4.78, 5) is 11.9.